The van der Waals surface area contributed by atoms with E-state index < -0.39 is 34.3 Å². The quantitative estimate of drug-likeness (QED) is 0.230. The van der Waals surface area contributed by atoms with Gasteiger partial charge in [0.25, 0.3) is 5.56 Å². The summed E-state index contributed by atoms with van der Waals surface area (Å²) in [6.45, 7) is 5.37. The number of aryl methyl sites for hydroxylation is 2. The van der Waals surface area contributed by atoms with Crippen molar-refractivity contribution in [1.29, 1.82) is 0 Å². The molecule has 0 spiro atoms. The lowest BCUT2D eigenvalue weighted by molar-refractivity contribution is -0.115. The second-order valence-corrected chi connectivity index (χ2v) is 9.18. The molecule has 4 aromatic rings. The summed E-state index contributed by atoms with van der Waals surface area (Å²) in [5.41, 5.74) is 2.19. The maximum atomic E-state index is 14.0. The zero-order valence-electron chi connectivity index (χ0n) is 18.5. The molecule has 1 unspecified atom stereocenters. The molecule has 0 aliphatic heterocycles. The van der Waals surface area contributed by atoms with Crippen molar-refractivity contribution >= 4 is 34.3 Å². The molecular weight excluding hydrogens is 463 g/mol. The van der Waals surface area contributed by atoms with E-state index in [4.69, 9.17) is 0 Å². The maximum absolute atomic E-state index is 14.0. The number of rotatable bonds is 5. The van der Waals surface area contributed by atoms with Crippen molar-refractivity contribution in [2.24, 2.45) is 0 Å². The zero-order chi connectivity index (χ0) is 24.6. The molecule has 0 fully saturated rings. The topological polar surface area (TPSA) is 64.0 Å². The smallest absolute Gasteiger partial charge is 0.266 e. The van der Waals surface area contributed by atoms with Crippen LogP contribution in [0.15, 0.2) is 64.5 Å². The summed E-state index contributed by atoms with van der Waals surface area (Å²) in [6, 6.07) is 14.2. The highest BCUT2D eigenvalue weighted by molar-refractivity contribution is 8.00. The van der Waals surface area contributed by atoms with Crippen molar-refractivity contribution in [2.45, 2.75) is 31.2 Å². The summed E-state index contributed by atoms with van der Waals surface area (Å²) < 4.78 is 42.2. The minimum Gasteiger partial charge on any atom is -0.323 e. The number of amides is 1. The molecule has 3 aromatic carbocycles. The van der Waals surface area contributed by atoms with E-state index in [9.17, 15) is 22.8 Å². The minimum absolute atomic E-state index is 0.266. The minimum atomic E-state index is -1.67. The van der Waals surface area contributed by atoms with E-state index in [1.807, 2.05) is 32.0 Å². The second-order valence-electron chi connectivity index (χ2n) is 7.87. The molecule has 174 valence electrons. The molecule has 0 aliphatic carbocycles. The van der Waals surface area contributed by atoms with Gasteiger partial charge < -0.3 is 5.32 Å². The number of fused-ring (bicyclic) bond motifs is 1. The predicted octanol–water partition coefficient (Wildman–Crippen LogP) is 5.54. The van der Waals surface area contributed by atoms with Crippen LogP contribution in [0, 0.1) is 31.3 Å². The first-order valence-electron chi connectivity index (χ1n) is 10.4. The van der Waals surface area contributed by atoms with Crippen molar-refractivity contribution in [3.8, 4) is 5.69 Å². The Morgan fingerprint density at radius 3 is 2.38 bits per heavy atom. The molecule has 4 rings (SSSR count). The number of para-hydroxylation sites is 1. The van der Waals surface area contributed by atoms with E-state index in [2.05, 4.69) is 10.3 Å². The van der Waals surface area contributed by atoms with Gasteiger partial charge in [0, 0.05) is 0 Å². The van der Waals surface area contributed by atoms with Gasteiger partial charge in [0.1, 0.15) is 0 Å². The number of nitrogens with one attached hydrogen (secondary N) is 1. The van der Waals surface area contributed by atoms with E-state index in [1.165, 1.54) is 4.57 Å². The Hall–Kier alpha value is -3.59. The Morgan fingerprint density at radius 2 is 1.68 bits per heavy atom. The highest BCUT2D eigenvalue weighted by Crippen LogP contribution is 2.27. The van der Waals surface area contributed by atoms with Gasteiger partial charge >= 0.3 is 0 Å². The van der Waals surface area contributed by atoms with E-state index in [1.54, 1.807) is 31.2 Å². The lowest BCUT2D eigenvalue weighted by Gasteiger charge is -2.17. The summed E-state index contributed by atoms with van der Waals surface area (Å²) in [5.74, 6) is -5.17. The SMILES string of the molecule is Cc1cc(C)cc(-n2c(SC(C)C(=O)Nc3ccc(F)c(F)c3F)nc3ccccc3c2=O)c1. The molecule has 1 heterocycles. The molecule has 9 heteroatoms. The van der Waals surface area contributed by atoms with Crippen LogP contribution in [0.1, 0.15) is 18.1 Å². The Bertz CT molecular complexity index is 1470. The number of hydrogen-bond acceptors (Lipinski definition) is 4. The van der Waals surface area contributed by atoms with Crippen molar-refractivity contribution < 1.29 is 18.0 Å². The van der Waals surface area contributed by atoms with E-state index in [-0.39, 0.29) is 10.7 Å². The van der Waals surface area contributed by atoms with Gasteiger partial charge in [0.2, 0.25) is 5.91 Å². The van der Waals surface area contributed by atoms with Crippen molar-refractivity contribution in [2.75, 3.05) is 5.32 Å². The van der Waals surface area contributed by atoms with Gasteiger partial charge in [0.15, 0.2) is 22.6 Å². The van der Waals surface area contributed by atoms with E-state index in [0.717, 1.165) is 35.0 Å². The fourth-order valence-corrected chi connectivity index (χ4v) is 4.49. The number of carbonyl (C=O) groups is 1. The van der Waals surface area contributed by atoms with Gasteiger partial charge in [-0.05, 0) is 68.3 Å². The molecule has 34 heavy (non-hydrogen) atoms. The third-order valence-corrected chi connectivity index (χ3v) is 6.21. The van der Waals surface area contributed by atoms with Gasteiger partial charge in [-0.25, -0.2) is 18.2 Å². The lowest BCUT2D eigenvalue weighted by Crippen LogP contribution is -2.26. The fourth-order valence-electron chi connectivity index (χ4n) is 3.57. The van der Waals surface area contributed by atoms with E-state index >= 15 is 0 Å². The number of benzene rings is 3. The van der Waals surface area contributed by atoms with Crippen LogP contribution in [0.3, 0.4) is 0 Å². The molecule has 0 aliphatic rings. The average Bonchev–Trinajstić information content (AvgIpc) is 2.79. The highest BCUT2D eigenvalue weighted by atomic mass is 32.2. The average molecular weight is 484 g/mol. The number of aromatic nitrogens is 2. The summed E-state index contributed by atoms with van der Waals surface area (Å²) >= 11 is 0.996. The normalized spacial score (nSPS) is 12.1. The molecule has 1 aromatic heterocycles. The summed E-state index contributed by atoms with van der Waals surface area (Å²) in [4.78, 5) is 30.8. The summed E-state index contributed by atoms with van der Waals surface area (Å²) in [7, 11) is 0. The van der Waals surface area contributed by atoms with Crippen LogP contribution in [0.25, 0.3) is 16.6 Å². The van der Waals surface area contributed by atoms with Gasteiger partial charge in [-0.1, -0.05) is 30.0 Å². The van der Waals surface area contributed by atoms with Crippen LogP contribution >= 0.6 is 11.8 Å². The summed E-state index contributed by atoms with van der Waals surface area (Å²) in [6.07, 6.45) is 0. The first-order valence-corrected chi connectivity index (χ1v) is 11.2. The van der Waals surface area contributed by atoms with Crippen molar-refractivity contribution in [3.63, 3.8) is 0 Å². The molecular formula is C25H20F3N3O2S. The molecule has 5 nitrogen and oxygen atoms in total. The third kappa shape index (κ3) is 4.56. The van der Waals surface area contributed by atoms with Crippen LogP contribution < -0.4 is 10.9 Å². The molecule has 0 saturated carbocycles. The Balaban J connectivity index is 1.74. The van der Waals surface area contributed by atoms with Crippen LogP contribution in [0.4, 0.5) is 18.9 Å². The fraction of sp³-hybridized carbons (Fsp3) is 0.160. The third-order valence-electron chi connectivity index (χ3n) is 5.15. The number of halogens is 3. The monoisotopic (exact) mass is 483 g/mol. The highest BCUT2D eigenvalue weighted by Gasteiger charge is 2.23. The van der Waals surface area contributed by atoms with Gasteiger partial charge in [-0.3, -0.25) is 14.2 Å². The summed E-state index contributed by atoms with van der Waals surface area (Å²) in [5, 5.41) is 2.11. The number of carbonyl (C=O) groups excluding carboxylic acids is 1. The molecule has 0 radical (unpaired) electrons. The Labute approximate surface area is 197 Å². The largest absolute Gasteiger partial charge is 0.323 e. The van der Waals surface area contributed by atoms with Gasteiger partial charge in [-0.2, -0.15) is 0 Å². The van der Waals surface area contributed by atoms with Crippen LogP contribution in [0.2, 0.25) is 0 Å². The Kier molecular flexibility index (Phi) is 6.47. The first kappa shape index (κ1) is 23.6. The van der Waals surface area contributed by atoms with Crippen molar-refractivity contribution in [3.05, 3.63) is 93.5 Å². The Morgan fingerprint density at radius 1 is 1.00 bits per heavy atom. The van der Waals surface area contributed by atoms with Gasteiger partial charge in [0.05, 0.1) is 27.5 Å². The molecule has 1 atom stereocenters. The first-order chi connectivity index (χ1) is 16.2. The molecule has 1 amide bonds. The number of thioether (sulfide) groups is 1. The molecule has 1 N–H and O–H groups in total. The lowest BCUT2D eigenvalue weighted by atomic mass is 10.1. The maximum Gasteiger partial charge on any atom is 0.266 e. The molecule has 0 bridgehead atoms. The van der Waals surface area contributed by atoms with Crippen molar-refractivity contribution in [1.82, 2.24) is 9.55 Å². The predicted molar refractivity (Wildman–Crippen MR) is 127 cm³/mol. The second kappa shape index (κ2) is 9.34. The number of anilines is 1. The standard InChI is InChI=1S/C25H20F3N3O2S/c1-13-10-14(2)12-16(11-13)31-24(33)17-6-4-5-7-19(17)30-25(31)34-15(3)23(32)29-20-9-8-18(26)21(27)22(20)28/h4-12,15H,1-3H3,(H,29,32). The number of hydrogen-bond donors (Lipinski definition) is 1. The van der Waals surface area contributed by atoms with Crippen LogP contribution in [-0.4, -0.2) is 20.7 Å². The zero-order valence-corrected chi connectivity index (χ0v) is 19.3. The van der Waals surface area contributed by atoms with Crippen LogP contribution in [-0.2, 0) is 4.79 Å². The van der Waals surface area contributed by atoms with Crippen LogP contribution in [0.5, 0.6) is 0 Å². The van der Waals surface area contributed by atoms with Gasteiger partial charge in [-0.15, -0.1) is 0 Å². The van der Waals surface area contributed by atoms with E-state index in [0.29, 0.717) is 16.6 Å². The molecule has 0 saturated heterocycles. The number of nitrogens with zero attached hydrogens (tertiary/aromatic N) is 2.